The number of benzene rings is 2. The maximum Gasteiger partial charge on any atom is 0.342 e. The van der Waals surface area contributed by atoms with Gasteiger partial charge in [-0.1, -0.05) is 48.0 Å². The van der Waals surface area contributed by atoms with Crippen molar-refractivity contribution in [2.24, 2.45) is 0 Å². The van der Waals surface area contributed by atoms with Gasteiger partial charge in [0.1, 0.15) is 11.4 Å². The predicted molar refractivity (Wildman–Crippen MR) is 81.5 cm³/mol. The standard InChI is InChI=1S/C16H16N3S.HI/c1-2-20-16-17-19(15-11-7-4-8-12-15)13-18(16)14-9-5-3-6-10-14;/h3-13H,2H2,1H3;1H/q+1;/p-1. The van der Waals surface area contributed by atoms with Crippen LogP contribution >= 0.6 is 11.8 Å². The van der Waals surface area contributed by atoms with E-state index in [0.717, 1.165) is 22.3 Å². The topological polar surface area (TPSA) is 21.7 Å². The number of thioether (sulfide) groups is 1. The van der Waals surface area contributed by atoms with Gasteiger partial charge in [0, 0.05) is 5.75 Å². The van der Waals surface area contributed by atoms with Gasteiger partial charge in [0.05, 0.1) is 5.10 Å². The largest absolute Gasteiger partial charge is 1.00 e. The molecule has 0 aliphatic carbocycles. The molecule has 0 N–H and O–H groups in total. The smallest absolute Gasteiger partial charge is 0.342 e. The summed E-state index contributed by atoms with van der Waals surface area (Å²) in [7, 11) is 0. The van der Waals surface area contributed by atoms with Crippen LogP contribution in [0.25, 0.3) is 11.4 Å². The minimum absolute atomic E-state index is 0. The average molecular weight is 409 g/mol. The van der Waals surface area contributed by atoms with E-state index in [1.165, 1.54) is 0 Å². The van der Waals surface area contributed by atoms with Crippen molar-refractivity contribution < 1.29 is 28.5 Å². The second kappa shape index (κ2) is 7.61. The highest BCUT2D eigenvalue weighted by Gasteiger charge is 2.19. The summed E-state index contributed by atoms with van der Waals surface area (Å²) >= 11 is 1.74. The molecule has 0 unspecified atom stereocenters. The van der Waals surface area contributed by atoms with Crippen LogP contribution in [-0.2, 0) is 0 Å². The van der Waals surface area contributed by atoms with Gasteiger partial charge in [-0.2, -0.15) is 4.57 Å². The molecule has 1 heterocycles. The van der Waals surface area contributed by atoms with Crippen LogP contribution in [0.3, 0.4) is 0 Å². The molecule has 0 saturated carbocycles. The monoisotopic (exact) mass is 409 g/mol. The molecule has 0 spiro atoms. The van der Waals surface area contributed by atoms with Crippen molar-refractivity contribution in [3.05, 3.63) is 67.0 Å². The Morgan fingerprint density at radius 3 is 2.24 bits per heavy atom. The average Bonchev–Trinajstić information content (AvgIpc) is 2.94. The minimum Gasteiger partial charge on any atom is -1.00 e. The molecule has 0 atom stereocenters. The van der Waals surface area contributed by atoms with Gasteiger partial charge < -0.3 is 24.0 Å². The van der Waals surface area contributed by atoms with Gasteiger partial charge in [-0.05, 0) is 36.0 Å². The van der Waals surface area contributed by atoms with E-state index in [4.69, 9.17) is 0 Å². The van der Waals surface area contributed by atoms with Gasteiger partial charge in [-0.25, -0.2) is 0 Å². The molecule has 3 aromatic rings. The van der Waals surface area contributed by atoms with Crippen LogP contribution in [0.1, 0.15) is 6.92 Å². The summed E-state index contributed by atoms with van der Waals surface area (Å²) < 4.78 is 4.05. The molecule has 0 radical (unpaired) electrons. The first-order chi connectivity index (χ1) is 9.88. The number of aromatic nitrogens is 3. The molecule has 5 heteroatoms. The lowest BCUT2D eigenvalue weighted by Crippen LogP contribution is -3.00. The Kier molecular flexibility index (Phi) is 5.81. The molecular formula is C16H16IN3S. The maximum absolute atomic E-state index is 4.69. The van der Waals surface area contributed by atoms with Crippen molar-refractivity contribution in [1.29, 1.82) is 0 Å². The van der Waals surface area contributed by atoms with Crippen molar-refractivity contribution in [3.8, 4) is 11.4 Å². The summed E-state index contributed by atoms with van der Waals surface area (Å²) in [5.74, 6) is 0.999. The van der Waals surface area contributed by atoms with E-state index < -0.39 is 0 Å². The zero-order valence-corrected chi connectivity index (χ0v) is 14.7. The van der Waals surface area contributed by atoms with Crippen LogP contribution in [-0.4, -0.2) is 15.5 Å². The molecule has 1 aromatic heterocycles. The van der Waals surface area contributed by atoms with E-state index in [0.29, 0.717) is 0 Å². The zero-order valence-electron chi connectivity index (χ0n) is 11.7. The first-order valence-electron chi connectivity index (χ1n) is 6.63. The lowest BCUT2D eigenvalue weighted by molar-refractivity contribution is -0.636. The predicted octanol–water partition coefficient (Wildman–Crippen LogP) is 0.265. The quantitative estimate of drug-likeness (QED) is 0.351. The van der Waals surface area contributed by atoms with Gasteiger partial charge in [-0.15, -0.1) is 0 Å². The molecule has 0 amide bonds. The molecule has 0 fully saturated rings. The fourth-order valence-corrected chi connectivity index (χ4v) is 2.72. The van der Waals surface area contributed by atoms with Crippen molar-refractivity contribution in [1.82, 2.24) is 9.78 Å². The summed E-state index contributed by atoms with van der Waals surface area (Å²) in [6.45, 7) is 2.14. The number of hydrogen-bond donors (Lipinski definition) is 0. The summed E-state index contributed by atoms with van der Waals surface area (Å²) in [6.07, 6.45) is 2.03. The highest BCUT2D eigenvalue weighted by atomic mass is 127. The Labute approximate surface area is 146 Å². The molecule has 0 saturated heterocycles. The molecule has 3 nitrogen and oxygen atoms in total. The van der Waals surface area contributed by atoms with Crippen LogP contribution in [0, 0.1) is 0 Å². The molecule has 0 bridgehead atoms. The summed E-state index contributed by atoms with van der Waals surface area (Å²) in [5, 5.41) is 5.69. The molecule has 0 aliphatic rings. The van der Waals surface area contributed by atoms with E-state index in [2.05, 4.69) is 40.9 Å². The first-order valence-corrected chi connectivity index (χ1v) is 7.62. The molecule has 3 rings (SSSR count). The lowest BCUT2D eigenvalue weighted by Gasteiger charge is -1.97. The van der Waals surface area contributed by atoms with Gasteiger partial charge >= 0.3 is 5.16 Å². The zero-order chi connectivity index (χ0) is 13.8. The van der Waals surface area contributed by atoms with Crippen LogP contribution in [0.15, 0.2) is 72.1 Å². The van der Waals surface area contributed by atoms with Crippen LogP contribution in [0.2, 0.25) is 0 Å². The normalized spacial score (nSPS) is 10.1. The summed E-state index contributed by atoms with van der Waals surface area (Å²) in [5.41, 5.74) is 2.20. The maximum atomic E-state index is 4.69. The van der Waals surface area contributed by atoms with Gasteiger partial charge in [0.25, 0.3) is 0 Å². The van der Waals surface area contributed by atoms with Crippen molar-refractivity contribution in [3.63, 3.8) is 0 Å². The summed E-state index contributed by atoms with van der Waals surface area (Å²) in [4.78, 5) is 0. The fourth-order valence-electron chi connectivity index (χ4n) is 2.02. The molecular weight excluding hydrogens is 393 g/mol. The van der Waals surface area contributed by atoms with E-state index in [-0.39, 0.29) is 24.0 Å². The molecule has 2 aromatic carbocycles. The lowest BCUT2D eigenvalue weighted by atomic mass is 10.3. The van der Waals surface area contributed by atoms with E-state index in [1.807, 2.05) is 47.4 Å². The second-order valence-corrected chi connectivity index (χ2v) is 5.55. The number of hydrogen-bond acceptors (Lipinski definition) is 2. The first kappa shape index (κ1) is 16.0. The van der Waals surface area contributed by atoms with Gasteiger partial charge in [0.2, 0.25) is 6.33 Å². The van der Waals surface area contributed by atoms with Crippen LogP contribution in [0.4, 0.5) is 0 Å². The third kappa shape index (κ3) is 3.65. The highest BCUT2D eigenvalue weighted by molar-refractivity contribution is 7.99. The Hall–Kier alpha value is -1.34. The van der Waals surface area contributed by atoms with Crippen LogP contribution in [0.5, 0.6) is 0 Å². The minimum atomic E-state index is 0. The summed E-state index contributed by atoms with van der Waals surface area (Å²) in [6, 6.07) is 20.5. The Morgan fingerprint density at radius 2 is 1.62 bits per heavy atom. The SMILES string of the molecule is CCSc1nn(-c2ccccc2)c[n+]1-c1ccccc1.[I-]. The molecule has 21 heavy (non-hydrogen) atoms. The van der Waals surface area contributed by atoms with Gasteiger partial charge in [-0.3, -0.25) is 0 Å². The highest BCUT2D eigenvalue weighted by Crippen LogP contribution is 2.14. The number of nitrogens with zero attached hydrogens (tertiary/aromatic N) is 3. The van der Waals surface area contributed by atoms with E-state index >= 15 is 0 Å². The Balaban J connectivity index is 0.00000161. The van der Waals surface area contributed by atoms with Crippen molar-refractivity contribution >= 4 is 11.8 Å². The van der Waals surface area contributed by atoms with E-state index in [9.17, 15) is 0 Å². The van der Waals surface area contributed by atoms with Gasteiger partial charge in [0.15, 0.2) is 0 Å². The van der Waals surface area contributed by atoms with Crippen molar-refractivity contribution in [2.45, 2.75) is 12.1 Å². The Bertz CT molecular complexity index is 683. The van der Waals surface area contributed by atoms with Crippen molar-refractivity contribution in [2.75, 3.05) is 5.75 Å². The fraction of sp³-hybridized carbons (Fsp3) is 0.125. The second-order valence-electron chi connectivity index (χ2n) is 4.32. The third-order valence-electron chi connectivity index (χ3n) is 2.95. The number of para-hydroxylation sites is 2. The molecule has 0 aliphatic heterocycles. The number of rotatable bonds is 4. The molecule has 108 valence electrons. The number of halogens is 1. The van der Waals surface area contributed by atoms with E-state index in [1.54, 1.807) is 11.8 Å². The third-order valence-corrected chi connectivity index (χ3v) is 3.78. The Morgan fingerprint density at radius 1 is 1.00 bits per heavy atom. The van der Waals surface area contributed by atoms with Crippen LogP contribution < -0.4 is 28.5 Å².